The Morgan fingerprint density at radius 2 is 2.21 bits per heavy atom. The van der Waals surface area contributed by atoms with Gasteiger partial charge in [0.25, 0.3) is 0 Å². The van der Waals surface area contributed by atoms with E-state index < -0.39 is 0 Å². The summed E-state index contributed by atoms with van der Waals surface area (Å²) >= 11 is 0. The van der Waals surface area contributed by atoms with Gasteiger partial charge in [-0.15, -0.1) is 0 Å². The number of rotatable bonds is 2. The van der Waals surface area contributed by atoms with Crippen molar-refractivity contribution in [2.24, 2.45) is 0 Å². The molecule has 0 radical (unpaired) electrons. The Hall–Kier alpha value is -1.65. The van der Waals surface area contributed by atoms with Gasteiger partial charge in [0.2, 0.25) is 0 Å². The average Bonchev–Trinajstić information content (AvgIpc) is 2.42. The minimum Gasteiger partial charge on any atom is -0.464 e. The summed E-state index contributed by atoms with van der Waals surface area (Å²) in [4.78, 5) is 14.4. The van der Waals surface area contributed by atoms with Crippen LogP contribution in [0, 0.1) is 0 Å². The van der Waals surface area contributed by atoms with Crippen molar-refractivity contribution in [2.75, 3.05) is 13.1 Å². The van der Waals surface area contributed by atoms with Crippen LogP contribution in [0.3, 0.4) is 0 Å². The van der Waals surface area contributed by atoms with Crippen LogP contribution in [0.2, 0.25) is 0 Å². The van der Waals surface area contributed by atoms with Gasteiger partial charge in [0.05, 0.1) is 17.8 Å². The van der Waals surface area contributed by atoms with E-state index in [0.717, 1.165) is 19.4 Å². The Morgan fingerprint density at radius 3 is 3.05 bits per heavy atom. The summed E-state index contributed by atoms with van der Waals surface area (Å²) in [6.07, 6.45) is 3.09. The summed E-state index contributed by atoms with van der Waals surface area (Å²) in [5, 5.41) is 10.3. The Labute approximate surface area is 111 Å². The smallest absolute Gasteiger partial charge is 0.197 e. The predicted octanol–water partition coefficient (Wildman–Crippen LogP) is 1.75. The maximum absolute atomic E-state index is 12.3. The number of piperidine rings is 1. The Bertz CT molecular complexity index is 635. The molecule has 1 aliphatic rings. The SMILES string of the molecule is O=c1c(CN2CCCC(O)C2)coc2ccccc12. The van der Waals surface area contributed by atoms with Crippen LogP contribution in [0.25, 0.3) is 11.0 Å². The number of aliphatic hydroxyl groups excluding tert-OH is 1. The van der Waals surface area contributed by atoms with Crippen molar-refractivity contribution in [1.29, 1.82) is 0 Å². The third-order valence-corrected chi connectivity index (χ3v) is 3.63. The monoisotopic (exact) mass is 259 g/mol. The fraction of sp³-hybridized carbons (Fsp3) is 0.400. The van der Waals surface area contributed by atoms with Gasteiger partial charge >= 0.3 is 0 Å². The van der Waals surface area contributed by atoms with Crippen molar-refractivity contribution < 1.29 is 9.52 Å². The van der Waals surface area contributed by atoms with Crippen molar-refractivity contribution in [2.45, 2.75) is 25.5 Å². The van der Waals surface area contributed by atoms with Gasteiger partial charge in [-0.3, -0.25) is 9.69 Å². The number of aliphatic hydroxyl groups is 1. The predicted molar refractivity (Wildman–Crippen MR) is 73.0 cm³/mol. The lowest BCUT2D eigenvalue weighted by Gasteiger charge is -2.29. The number of hydrogen-bond donors (Lipinski definition) is 1. The van der Waals surface area contributed by atoms with Gasteiger partial charge in [0.1, 0.15) is 5.58 Å². The van der Waals surface area contributed by atoms with Gasteiger partial charge in [-0.25, -0.2) is 0 Å². The molecule has 1 aromatic carbocycles. The molecule has 1 N–H and O–H groups in total. The molecule has 0 spiro atoms. The molecule has 1 unspecified atom stereocenters. The van der Waals surface area contributed by atoms with E-state index in [-0.39, 0.29) is 11.5 Å². The number of para-hydroxylation sites is 1. The molecule has 1 aliphatic heterocycles. The van der Waals surface area contributed by atoms with Crippen molar-refractivity contribution in [3.05, 3.63) is 46.3 Å². The van der Waals surface area contributed by atoms with Crippen molar-refractivity contribution >= 4 is 11.0 Å². The lowest BCUT2D eigenvalue weighted by Crippen LogP contribution is -2.38. The molecular weight excluding hydrogens is 242 g/mol. The zero-order valence-corrected chi connectivity index (χ0v) is 10.7. The second-order valence-electron chi connectivity index (χ2n) is 5.12. The number of fused-ring (bicyclic) bond motifs is 1. The minimum absolute atomic E-state index is 0.0295. The second kappa shape index (κ2) is 5.15. The van der Waals surface area contributed by atoms with Crippen LogP contribution in [0.15, 0.2) is 39.7 Å². The first-order chi connectivity index (χ1) is 9.24. The third-order valence-electron chi connectivity index (χ3n) is 3.63. The van der Waals surface area contributed by atoms with E-state index in [1.165, 1.54) is 0 Å². The molecule has 2 heterocycles. The summed E-state index contributed by atoms with van der Waals surface area (Å²) in [5.74, 6) is 0. The molecule has 0 bridgehead atoms. The van der Waals surface area contributed by atoms with Crippen LogP contribution in [-0.4, -0.2) is 29.2 Å². The molecule has 0 saturated carbocycles. The van der Waals surface area contributed by atoms with Crippen LogP contribution < -0.4 is 5.43 Å². The molecule has 3 rings (SSSR count). The summed E-state index contributed by atoms with van der Waals surface area (Å²) in [5.41, 5.74) is 1.31. The van der Waals surface area contributed by atoms with E-state index >= 15 is 0 Å². The Balaban J connectivity index is 1.89. The average molecular weight is 259 g/mol. The summed E-state index contributed by atoms with van der Waals surface area (Å²) in [6.45, 7) is 2.10. The van der Waals surface area contributed by atoms with E-state index in [0.29, 0.717) is 29.6 Å². The van der Waals surface area contributed by atoms with Crippen LogP contribution in [0.5, 0.6) is 0 Å². The van der Waals surface area contributed by atoms with Crippen molar-refractivity contribution in [3.8, 4) is 0 Å². The molecule has 0 aliphatic carbocycles. The molecule has 19 heavy (non-hydrogen) atoms. The number of nitrogens with zero attached hydrogens (tertiary/aromatic N) is 1. The van der Waals surface area contributed by atoms with E-state index in [2.05, 4.69) is 4.90 Å². The van der Waals surface area contributed by atoms with Gasteiger partial charge < -0.3 is 9.52 Å². The van der Waals surface area contributed by atoms with Crippen LogP contribution >= 0.6 is 0 Å². The number of likely N-dealkylation sites (tertiary alicyclic amines) is 1. The topological polar surface area (TPSA) is 53.7 Å². The number of β-amino-alcohol motifs (C(OH)–C–C–N with tert-alkyl or cyclic N) is 1. The molecule has 4 heteroatoms. The maximum Gasteiger partial charge on any atom is 0.197 e. The number of hydrogen-bond acceptors (Lipinski definition) is 4. The molecule has 1 fully saturated rings. The highest BCUT2D eigenvalue weighted by Gasteiger charge is 2.19. The molecule has 1 aromatic heterocycles. The number of benzene rings is 1. The molecule has 1 saturated heterocycles. The normalized spacial score (nSPS) is 20.8. The first-order valence-electron chi connectivity index (χ1n) is 6.64. The highest BCUT2D eigenvalue weighted by Crippen LogP contribution is 2.15. The zero-order chi connectivity index (χ0) is 13.2. The minimum atomic E-state index is -0.277. The second-order valence-corrected chi connectivity index (χ2v) is 5.12. The molecular formula is C15H17NO3. The van der Waals surface area contributed by atoms with Crippen LogP contribution in [0.1, 0.15) is 18.4 Å². The van der Waals surface area contributed by atoms with Gasteiger partial charge in [-0.1, -0.05) is 12.1 Å². The van der Waals surface area contributed by atoms with Crippen LogP contribution in [0.4, 0.5) is 0 Å². The largest absolute Gasteiger partial charge is 0.464 e. The van der Waals surface area contributed by atoms with Crippen molar-refractivity contribution in [3.63, 3.8) is 0 Å². The van der Waals surface area contributed by atoms with Gasteiger partial charge in [0.15, 0.2) is 5.43 Å². The first-order valence-corrected chi connectivity index (χ1v) is 6.64. The third kappa shape index (κ3) is 2.55. The Morgan fingerprint density at radius 1 is 1.37 bits per heavy atom. The van der Waals surface area contributed by atoms with E-state index in [9.17, 15) is 9.90 Å². The first kappa shape index (κ1) is 12.4. The lowest BCUT2D eigenvalue weighted by molar-refractivity contribution is 0.0664. The van der Waals surface area contributed by atoms with Crippen LogP contribution in [-0.2, 0) is 6.54 Å². The fourth-order valence-corrected chi connectivity index (χ4v) is 2.64. The molecule has 1 atom stereocenters. The van der Waals surface area contributed by atoms with Gasteiger partial charge in [-0.05, 0) is 31.5 Å². The molecule has 0 amide bonds. The highest BCUT2D eigenvalue weighted by atomic mass is 16.3. The summed E-state index contributed by atoms with van der Waals surface area (Å²) < 4.78 is 5.50. The van der Waals surface area contributed by atoms with E-state index in [4.69, 9.17) is 4.42 Å². The van der Waals surface area contributed by atoms with E-state index in [1.807, 2.05) is 12.1 Å². The summed E-state index contributed by atoms with van der Waals surface area (Å²) in [7, 11) is 0. The van der Waals surface area contributed by atoms with Gasteiger partial charge in [-0.2, -0.15) is 0 Å². The molecule has 100 valence electrons. The lowest BCUT2D eigenvalue weighted by atomic mass is 10.1. The molecule has 4 nitrogen and oxygen atoms in total. The summed E-state index contributed by atoms with van der Waals surface area (Å²) in [6, 6.07) is 7.28. The highest BCUT2D eigenvalue weighted by molar-refractivity contribution is 5.76. The quantitative estimate of drug-likeness (QED) is 0.892. The Kier molecular flexibility index (Phi) is 3.36. The maximum atomic E-state index is 12.3. The zero-order valence-electron chi connectivity index (χ0n) is 10.7. The standard InChI is InChI=1S/C15H17NO3/c17-12-4-3-7-16(9-12)8-11-10-19-14-6-2-1-5-13(14)15(11)18/h1-2,5-6,10,12,17H,3-4,7-9H2. The fourth-order valence-electron chi connectivity index (χ4n) is 2.64. The van der Waals surface area contributed by atoms with Gasteiger partial charge in [0, 0.05) is 18.7 Å². The molecule has 2 aromatic rings. The van der Waals surface area contributed by atoms with Crippen molar-refractivity contribution in [1.82, 2.24) is 4.90 Å². The van der Waals surface area contributed by atoms with E-state index in [1.54, 1.807) is 18.4 Å².